The van der Waals surface area contributed by atoms with Crippen LogP contribution in [0.2, 0.25) is 0 Å². The van der Waals surface area contributed by atoms with Crippen molar-refractivity contribution in [3.8, 4) is 11.5 Å². The number of aromatic nitrogens is 1. The molecule has 2 aromatic rings. The van der Waals surface area contributed by atoms with Gasteiger partial charge in [0.2, 0.25) is 0 Å². The van der Waals surface area contributed by atoms with Crippen LogP contribution in [0.4, 0.5) is 0 Å². The van der Waals surface area contributed by atoms with Crippen molar-refractivity contribution < 1.29 is 4.74 Å². The zero-order valence-corrected chi connectivity index (χ0v) is 13.5. The third-order valence-electron chi connectivity index (χ3n) is 3.37. The van der Waals surface area contributed by atoms with Crippen LogP contribution in [0.1, 0.15) is 37.6 Å². The Morgan fingerprint density at radius 2 is 1.90 bits per heavy atom. The van der Waals surface area contributed by atoms with Crippen LogP contribution in [0.15, 0.2) is 36.5 Å². The van der Waals surface area contributed by atoms with Crippen LogP contribution in [0, 0.1) is 13.8 Å². The van der Waals surface area contributed by atoms with Crippen molar-refractivity contribution in [3.05, 3.63) is 53.3 Å². The van der Waals surface area contributed by atoms with Gasteiger partial charge in [-0.3, -0.25) is 4.98 Å². The molecule has 3 heteroatoms. The van der Waals surface area contributed by atoms with E-state index in [0.717, 1.165) is 23.7 Å². The van der Waals surface area contributed by atoms with E-state index < -0.39 is 0 Å². The molecule has 0 aliphatic rings. The first-order valence-corrected chi connectivity index (χ1v) is 7.29. The Hall–Kier alpha value is -1.87. The van der Waals surface area contributed by atoms with Crippen LogP contribution >= 0.6 is 0 Å². The van der Waals surface area contributed by atoms with Gasteiger partial charge < -0.3 is 10.1 Å². The normalized spacial score (nSPS) is 11.5. The van der Waals surface area contributed by atoms with Gasteiger partial charge in [-0.25, -0.2) is 0 Å². The SMILES string of the molecule is Cc1cccc(Oc2ccnc(CNC(C)(C)C)c2)c1C. The molecule has 112 valence electrons. The topological polar surface area (TPSA) is 34.1 Å². The van der Waals surface area contributed by atoms with Crippen molar-refractivity contribution in [1.29, 1.82) is 0 Å². The number of ether oxygens (including phenoxy) is 1. The fraction of sp³-hybridized carbons (Fsp3) is 0.389. The monoisotopic (exact) mass is 284 g/mol. The minimum absolute atomic E-state index is 0.0751. The Balaban J connectivity index is 2.12. The van der Waals surface area contributed by atoms with Gasteiger partial charge in [-0.15, -0.1) is 0 Å². The molecule has 0 saturated heterocycles. The lowest BCUT2D eigenvalue weighted by Crippen LogP contribution is -2.35. The van der Waals surface area contributed by atoms with Crippen LogP contribution < -0.4 is 10.1 Å². The molecule has 0 atom stereocenters. The van der Waals surface area contributed by atoms with Crippen LogP contribution in [0.25, 0.3) is 0 Å². The second-order valence-electron chi connectivity index (χ2n) is 6.39. The molecule has 3 nitrogen and oxygen atoms in total. The first kappa shape index (κ1) is 15.5. The van der Waals surface area contributed by atoms with Gasteiger partial charge in [0.1, 0.15) is 11.5 Å². The molecule has 1 aromatic heterocycles. The highest BCUT2D eigenvalue weighted by Gasteiger charge is 2.10. The quantitative estimate of drug-likeness (QED) is 0.904. The Morgan fingerprint density at radius 3 is 2.62 bits per heavy atom. The molecular weight excluding hydrogens is 260 g/mol. The number of aryl methyl sites for hydroxylation is 1. The summed E-state index contributed by atoms with van der Waals surface area (Å²) in [7, 11) is 0. The molecule has 2 rings (SSSR count). The predicted molar refractivity (Wildman–Crippen MR) is 86.8 cm³/mol. The number of pyridine rings is 1. The maximum atomic E-state index is 5.99. The van der Waals surface area contributed by atoms with Gasteiger partial charge in [0.25, 0.3) is 0 Å². The van der Waals surface area contributed by atoms with Crippen molar-refractivity contribution in [3.63, 3.8) is 0 Å². The highest BCUT2D eigenvalue weighted by atomic mass is 16.5. The van der Waals surface area contributed by atoms with E-state index in [1.807, 2.05) is 24.3 Å². The zero-order chi connectivity index (χ0) is 15.5. The van der Waals surface area contributed by atoms with E-state index in [1.165, 1.54) is 11.1 Å². The van der Waals surface area contributed by atoms with Crippen molar-refractivity contribution >= 4 is 0 Å². The molecule has 0 fully saturated rings. The molecule has 1 aromatic carbocycles. The number of hydrogen-bond acceptors (Lipinski definition) is 3. The molecular formula is C18H24N2O. The Morgan fingerprint density at radius 1 is 1.14 bits per heavy atom. The van der Waals surface area contributed by atoms with Gasteiger partial charge in [0.05, 0.1) is 5.69 Å². The third-order valence-corrected chi connectivity index (χ3v) is 3.37. The maximum Gasteiger partial charge on any atom is 0.130 e. The fourth-order valence-corrected chi connectivity index (χ4v) is 1.93. The van der Waals surface area contributed by atoms with Gasteiger partial charge in [0, 0.05) is 24.3 Å². The molecule has 0 unspecified atom stereocenters. The highest BCUT2D eigenvalue weighted by Crippen LogP contribution is 2.26. The molecule has 1 N–H and O–H groups in total. The summed E-state index contributed by atoms with van der Waals surface area (Å²) in [5.74, 6) is 1.72. The minimum Gasteiger partial charge on any atom is -0.457 e. The van der Waals surface area contributed by atoms with Gasteiger partial charge in [-0.2, -0.15) is 0 Å². The summed E-state index contributed by atoms with van der Waals surface area (Å²) in [6.45, 7) is 11.3. The van der Waals surface area contributed by atoms with E-state index in [2.05, 4.69) is 51.0 Å². The fourth-order valence-electron chi connectivity index (χ4n) is 1.93. The molecule has 0 spiro atoms. The number of nitrogens with one attached hydrogen (secondary N) is 1. The van der Waals surface area contributed by atoms with Gasteiger partial charge >= 0.3 is 0 Å². The number of rotatable bonds is 4. The van der Waals surface area contributed by atoms with Crippen molar-refractivity contribution in [2.45, 2.75) is 46.7 Å². The summed E-state index contributed by atoms with van der Waals surface area (Å²) in [6.07, 6.45) is 1.79. The molecule has 0 saturated carbocycles. The van der Waals surface area contributed by atoms with Crippen LogP contribution in [0.5, 0.6) is 11.5 Å². The minimum atomic E-state index is 0.0751. The summed E-state index contributed by atoms with van der Waals surface area (Å²) in [6, 6.07) is 9.98. The van der Waals surface area contributed by atoms with Crippen molar-refractivity contribution in [2.75, 3.05) is 0 Å². The average Bonchev–Trinajstić information content (AvgIpc) is 2.41. The van der Waals surface area contributed by atoms with E-state index in [-0.39, 0.29) is 5.54 Å². The molecule has 0 aliphatic carbocycles. The molecule has 0 bridgehead atoms. The maximum absolute atomic E-state index is 5.99. The lowest BCUT2D eigenvalue weighted by Gasteiger charge is -2.20. The smallest absolute Gasteiger partial charge is 0.130 e. The molecule has 0 radical (unpaired) electrons. The first-order valence-electron chi connectivity index (χ1n) is 7.29. The van der Waals surface area contributed by atoms with E-state index in [0.29, 0.717) is 0 Å². The van der Waals surface area contributed by atoms with Gasteiger partial charge in [-0.05, 0) is 57.9 Å². The standard InChI is InChI=1S/C18H24N2O/c1-13-7-6-8-17(14(13)2)21-16-9-10-19-15(11-16)12-20-18(3,4)5/h6-11,20H,12H2,1-5H3. The van der Waals surface area contributed by atoms with Crippen molar-refractivity contribution in [2.24, 2.45) is 0 Å². The van der Waals surface area contributed by atoms with E-state index in [4.69, 9.17) is 4.74 Å². The second kappa shape index (κ2) is 6.27. The Bertz CT molecular complexity index is 615. The van der Waals surface area contributed by atoms with Crippen LogP contribution in [-0.2, 0) is 6.54 Å². The zero-order valence-electron chi connectivity index (χ0n) is 13.5. The Kier molecular flexibility index (Phi) is 4.63. The van der Waals surface area contributed by atoms with Gasteiger partial charge in [0.15, 0.2) is 0 Å². The summed E-state index contributed by atoms with van der Waals surface area (Å²) >= 11 is 0. The number of benzene rings is 1. The first-order chi connectivity index (χ1) is 9.85. The van der Waals surface area contributed by atoms with E-state index in [1.54, 1.807) is 6.20 Å². The summed E-state index contributed by atoms with van der Waals surface area (Å²) in [5.41, 5.74) is 3.46. The molecule has 21 heavy (non-hydrogen) atoms. The number of hydrogen-bond donors (Lipinski definition) is 1. The second-order valence-corrected chi connectivity index (χ2v) is 6.39. The molecule has 1 heterocycles. The van der Waals surface area contributed by atoms with Crippen LogP contribution in [0.3, 0.4) is 0 Å². The van der Waals surface area contributed by atoms with E-state index in [9.17, 15) is 0 Å². The highest BCUT2D eigenvalue weighted by molar-refractivity contribution is 5.41. The molecule has 0 aliphatic heterocycles. The lowest BCUT2D eigenvalue weighted by atomic mass is 10.1. The predicted octanol–water partition coefficient (Wildman–Crippen LogP) is 4.38. The summed E-state index contributed by atoms with van der Waals surface area (Å²) in [4.78, 5) is 4.38. The van der Waals surface area contributed by atoms with Gasteiger partial charge in [-0.1, -0.05) is 12.1 Å². The molecule has 0 amide bonds. The average molecular weight is 284 g/mol. The van der Waals surface area contributed by atoms with Crippen molar-refractivity contribution in [1.82, 2.24) is 10.3 Å². The third kappa shape index (κ3) is 4.57. The lowest BCUT2D eigenvalue weighted by molar-refractivity contribution is 0.419. The van der Waals surface area contributed by atoms with E-state index >= 15 is 0 Å². The summed E-state index contributed by atoms with van der Waals surface area (Å²) in [5, 5.41) is 3.43. The Labute approximate surface area is 127 Å². The van der Waals surface area contributed by atoms with Crippen LogP contribution in [-0.4, -0.2) is 10.5 Å². The number of nitrogens with zero attached hydrogens (tertiary/aromatic N) is 1. The summed E-state index contributed by atoms with van der Waals surface area (Å²) < 4.78 is 5.99. The largest absolute Gasteiger partial charge is 0.457 e.